The third-order valence-corrected chi connectivity index (χ3v) is 3.31. The smallest absolute Gasteiger partial charge is 0.0108 e. The van der Waals surface area contributed by atoms with Gasteiger partial charge in [0.25, 0.3) is 0 Å². The molecule has 68 valence electrons. The lowest BCUT2D eigenvalue weighted by Crippen LogP contribution is -2.30. The summed E-state index contributed by atoms with van der Waals surface area (Å²) in [6.07, 6.45) is 3.81. The van der Waals surface area contributed by atoms with Crippen molar-refractivity contribution >= 4 is 23.7 Å². The molecule has 0 bridgehead atoms. The number of rotatable bonds is 1. The molecule has 1 aromatic rings. The average Bonchev–Trinajstić information content (AvgIpc) is 2.50. The Morgan fingerprint density at radius 1 is 1.42 bits per heavy atom. The van der Waals surface area contributed by atoms with Crippen LogP contribution < -0.4 is 5.32 Å². The van der Waals surface area contributed by atoms with E-state index in [2.05, 4.69) is 23.1 Å². The molecule has 1 nitrogen and oxygen atoms in total. The van der Waals surface area contributed by atoms with E-state index in [4.69, 9.17) is 0 Å². The lowest BCUT2D eigenvalue weighted by atomic mass is 9.92. The van der Waals surface area contributed by atoms with Gasteiger partial charge in [0, 0.05) is 6.04 Å². The van der Waals surface area contributed by atoms with Crippen LogP contribution in [0.5, 0.6) is 0 Å². The summed E-state index contributed by atoms with van der Waals surface area (Å²) in [7, 11) is 2.06. The molecule has 1 atom stereocenters. The summed E-state index contributed by atoms with van der Waals surface area (Å²) in [4.78, 5) is 0. The van der Waals surface area contributed by atoms with Crippen molar-refractivity contribution in [1.29, 1.82) is 0 Å². The molecule has 12 heavy (non-hydrogen) atoms. The summed E-state index contributed by atoms with van der Waals surface area (Å²) in [5, 5.41) is 7.92. The molecule has 2 rings (SSSR count). The predicted octanol–water partition coefficient (Wildman–Crippen LogP) is 2.25. The van der Waals surface area contributed by atoms with Gasteiger partial charge in [-0.2, -0.15) is 11.3 Å². The van der Waals surface area contributed by atoms with Crippen molar-refractivity contribution in [3.8, 4) is 0 Å². The van der Waals surface area contributed by atoms with Crippen LogP contribution in [-0.2, 0) is 12.8 Å². The first-order chi connectivity index (χ1) is 5.40. The molecule has 1 N–H and O–H groups in total. The normalized spacial score (nSPS) is 21.2. The van der Waals surface area contributed by atoms with Crippen LogP contribution in [0.3, 0.4) is 0 Å². The first-order valence-corrected chi connectivity index (χ1v) is 5.05. The second-order valence-corrected chi connectivity index (χ2v) is 3.89. The Balaban J connectivity index is 0.000000720. The Morgan fingerprint density at radius 2 is 2.17 bits per heavy atom. The van der Waals surface area contributed by atoms with Crippen LogP contribution in [0.15, 0.2) is 10.8 Å². The summed E-state index contributed by atoms with van der Waals surface area (Å²) in [6.45, 7) is 0. The molecule has 0 radical (unpaired) electrons. The number of likely N-dealkylation sites (N-methyl/N-ethyl adjacent to an activating group) is 1. The highest BCUT2D eigenvalue weighted by atomic mass is 35.5. The van der Waals surface area contributed by atoms with Crippen molar-refractivity contribution in [3.05, 3.63) is 21.9 Å². The molecular formula is C9H14ClNS. The summed E-state index contributed by atoms with van der Waals surface area (Å²) < 4.78 is 0. The Bertz CT molecular complexity index is 246. The van der Waals surface area contributed by atoms with Gasteiger partial charge in [0.15, 0.2) is 0 Å². The number of hydrogen-bond acceptors (Lipinski definition) is 2. The topological polar surface area (TPSA) is 12.0 Å². The fourth-order valence-electron chi connectivity index (χ4n) is 1.69. The number of hydrogen-bond donors (Lipinski definition) is 1. The molecule has 1 unspecified atom stereocenters. The minimum atomic E-state index is 0. The second-order valence-electron chi connectivity index (χ2n) is 3.15. The SMILES string of the molecule is CNC1CCc2cscc2C1.Cl. The van der Waals surface area contributed by atoms with Crippen LogP contribution in [0, 0.1) is 0 Å². The maximum atomic E-state index is 3.34. The summed E-state index contributed by atoms with van der Waals surface area (Å²) in [5.41, 5.74) is 3.15. The monoisotopic (exact) mass is 203 g/mol. The van der Waals surface area contributed by atoms with Crippen LogP contribution in [-0.4, -0.2) is 13.1 Å². The van der Waals surface area contributed by atoms with Crippen molar-refractivity contribution in [1.82, 2.24) is 5.32 Å². The Hall–Kier alpha value is -0.0500. The largest absolute Gasteiger partial charge is 0.317 e. The fraction of sp³-hybridized carbons (Fsp3) is 0.556. The lowest BCUT2D eigenvalue weighted by Gasteiger charge is -2.21. The minimum absolute atomic E-state index is 0. The second kappa shape index (κ2) is 4.26. The molecule has 1 aromatic heterocycles. The molecule has 0 fully saturated rings. The van der Waals surface area contributed by atoms with Crippen LogP contribution in [0.2, 0.25) is 0 Å². The van der Waals surface area contributed by atoms with E-state index in [1.165, 1.54) is 19.3 Å². The van der Waals surface area contributed by atoms with Crippen LogP contribution in [0.4, 0.5) is 0 Å². The van der Waals surface area contributed by atoms with Gasteiger partial charge in [-0.05, 0) is 48.2 Å². The molecule has 0 spiro atoms. The van der Waals surface area contributed by atoms with Gasteiger partial charge in [0.05, 0.1) is 0 Å². The fourth-order valence-corrected chi connectivity index (χ4v) is 2.61. The lowest BCUT2D eigenvalue weighted by molar-refractivity contribution is 0.498. The standard InChI is InChI=1S/C9H13NS.ClH/c1-10-9-3-2-7-5-11-6-8(7)4-9;/h5-6,9-10H,2-4H2,1H3;1H. The molecule has 0 aliphatic heterocycles. The van der Waals surface area contributed by atoms with E-state index in [-0.39, 0.29) is 12.4 Å². The van der Waals surface area contributed by atoms with Crippen LogP contribution in [0.1, 0.15) is 17.5 Å². The van der Waals surface area contributed by atoms with E-state index in [1.807, 2.05) is 11.3 Å². The van der Waals surface area contributed by atoms with Crippen LogP contribution >= 0.6 is 23.7 Å². The zero-order valence-electron chi connectivity index (χ0n) is 7.17. The minimum Gasteiger partial charge on any atom is -0.317 e. The highest BCUT2D eigenvalue weighted by Gasteiger charge is 2.16. The number of fused-ring (bicyclic) bond motifs is 1. The number of nitrogens with one attached hydrogen (secondary N) is 1. The van der Waals surface area contributed by atoms with Crippen molar-refractivity contribution in [2.24, 2.45) is 0 Å². The van der Waals surface area contributed by atoms with Gasteiger partial charge < -0.3 is 5.32 Å². The van der Waals surface area contributed by atoms with E-state index in [0.717, 1.165) is 6.04 Å². The van der Waals surface area contributed by atoms with Gasteiger partial charge in [-0.25, -0.2) is 0 Å². The van der Waals surface area contributed by atoms with Gasteiger partial charge in [0.1, 0.15) is 0 Å². The third kappa shape index (κ3) is 1.82. The average molecular weight is 204 g/mol. The maximum Gasteiger partial charge on any atom is 0.0108 e. The van der Waals surface area contributed by atoms with E-state index in [1.54, 1.807) is 11.1 Å². The molecule has 0 amide bonds. The van der Waals surface area contributed by atoms with Crippen molar-refractivity contribution < 1.29 is 0 Å². The number of aryl methyl sites for hydroxylation is 1. The van der Waals surface area contributed by atoms with Crippen molar-refractivity contribution in [2.75, 3.05) is 7.05 Å². The zero-order valence-corrected chi connectivity index (χ0v) is 8.80. The van der Waals surface area contributed by atoms with Gasteiger partial charge in [-0.15, -0.1) is 12.4 Å². The molecule has 1 aliphatic carbocycles. The predicted molar refractivity (Wildman–Crippen MR) is 56.4 cm³/mol. The Labute approximate surface area is 83.6 Å². The quantitative estimate of drug-likeness (QED) is 0.739. The maximum absolute atomic E-state index is 3.34. The van der Waals surface area contributed by atoms with E-state index < -0.39 is 0 Å². The molecule has 1 heterocycles. The summed E-state index contributed by atoms with van der Waals surface area (Å²) in [5.74, 6) is 0. The van der Waals surface area contributed by atoms with Gasteiger partial charge >= 0.3 is 0 Å². The van der Waals surface area contributed by atoms with Crippen LogP contribution in [0.25, 0.3) is 0 Å². The van der Waals surface area contributed by atoms with Crippen molar-refractivity contribution in [3.63, 3.8) is 0 Å². The van der Waals surface area contributed by atoms with Gasteiger partial charge in [0.2, 0.25) is 0 Å². The van der Waals surface area contributed by atoms with Crippen molar-refractivity contribution in [2.45, 2.75) is 25.3 Å². The molecule has 1 aliphatic rings. The molecular weight excluding hydrogens is 190 g/mol. The summed E-state index contributed by atoms with van der Waals surface area (Å²) in [6, 6.07) is 0.720. The highest BCUT2D eigenvalue weighted by molar-refractivity contribution is 7.08. The van der Waals surface area contributed by atoms with Gasteiger partial charge in [-0.1, -0.05) is 0 Å². The Morgan fingerprint density at radius 3 is 2.92 bits per heavy atom. The highest BCUT2D eigenvalue weighted by Crippen LogP contribution is 2.24. The molecule has 0 saturated heterocycles. The first kappa shape index (κ1) is 10.0. The van der Waals surface area contributed by atoms with E-state index in [9.17, 15) is 0 Å². The molecule has 0 saturated carbocycles. The van der Waals surface area contributed by atoms with E-state index in [0.29, 0.717) is 0 Å². The third-order valence-electron chi connectivity index (χ3n) is 2.47. The zero-order chi connectivity index (χ0) is 7.68. The van der Waals surface area contributed by atoms with E-state index >= 15 is 0 Å². The summed E-state index contributed by atoms with van der Waals surface area (Å²) >= 11 is 1.84. The molecule has 3 heteroatoms. The molecule has 0 aromatic carbocycles. The van der Waals surface area contributed by atoms with Gasteiger partial charge in [-0.3, -0.25) is 0 Å². The first-order valence-electron chi connectivity index (χ1n) is 4.11. The number of thiophene rings is 1. The Kier molecular flexibility index (Phi) is 3.56. The number of halogens is 1.